The minimum Gasteiger partial charge on any atom is -0.548 e. The summed E-state index contributed by atoms with van der Waals surface area (Å²) in [5, 5.41) is 14.9. The number of carbonyl (C=O) groups excluding carboxylic acids is 1. The number of hydrogen-bond donors (Lipinski definition) is 1. The number of nitrogens with zero attached hydrogens (tertiary/aromatic N) is 2. The molecule has 1 N–H and O–H groups in total. The van der Waals surface area contributed by atoms with Crippen LogP contribution in [0.25, 0.3) is 10.9 Å². The van der Waals surface area contributed by atoms with Gasteiger partial charge in [0.2, 0.25) is 0 Å². The van der Waals surface area contributed by atoms with E-state index in [9.17, 15) is 9.90 Å². The molecule has 2 aromatic rings. The van der Waals surface area contributed by atoms with Crippen LogP contribution in [0.1, 0.15) is 20.3 Å². The molecule has 0 aliphatic carbocycles. The number of benzene rings is 1. The van der Waals surface area contributed by atoms with Crippen LogP contribution < -0.4 is 10.4 Å². The summed E-state index contributed by atoms with van der Waals surface area (Å²) in [4.78, 5) is 19.5. The first-order valence-corrected chi connectivity index (χ1v) is 7.14. The molecule has 1 heterocycles. The lowest BCUT2D eigenvalue weighted by atomic mass is 10.0. The third kappa shape index (κ3) is 3.45. The lowest BCUT2D eigenvalue weighted by Gasteiger charge is -2.22. The second-order valence-electron chi connectivity index (χ2n) is 5.03. The maximum atomic E-state index is 11.2. The minimum absolute atomic E-state index is 0.241. The Morgan fingerprint density at radius 3 is 2.80 bits per heavy atom. The van der Waals surface area contributed by atoms with Gasteiger partial charge in [-0.15, -0.1) is 0 Å². The second kappa shape index (κ2) is 6.17. The highest BCUT2D eigenvalue weighted by Crippen LogP contribution is 2.24. The van der Waals surface area contributed by atoms with E-state index >= 15 is 0 Å². The first-order valence-electron chi connectivity index (χ1n) is 6.35. The molecule has 1 aromatic heterocycles. The zero-order valence-electron chi connectivity index (χ0n) is 11.3. The molecule has 0 aliphatic rings. The zero-order valence-corrected chi connectivity index (χ0v) is 12.8. The van der Waals surface area contributed by atoms with Crippen LogP contribution in [-0.4, -0.2) is 22.0 Å². The molecule has 0 fully saturated rings. The summed E-state index contributed by atoms with van der Waals surface area (Å²) in [7, 11) is 0. The standard InChI is InChI=1S/C14H16BrN3O2/c1-8(2)5-12(14(19)20)18-13-10-6-9(15)3-4-11(10)16-7-17-13/h3-4,6-8,12H,5H2,1-2H3,(H,19,20)(H,16,17,18)/p-1. The van der Waals surface area contributed by atoms with Crippen molar-refractivity contribution in [3.05, 3.63) is 29.0 Å². The number of hydrogen-bond acceptors (Lipinski definition) is 5. The second-order valence-corrected chi connectivity index (χ2v) is 5.94. The van der Waals surface area contributed by atoms with E-state index in [0.717, 1.165) is 15.4 Å². The molecule has 1 unspecified atom stereocenters. The van der Waals surface area contributed by atoms with Crippen molar-refractivity contribution in [1.82, 2.24) is 9.97 Å². The first-order chi connectivity index (χ1) is 9.47. The predicted molar refractivity (Wildman–Crippen MR) is 79.1 cm³/mol. The number of anilines is 1. The third-order valence-electron chi connectivity index (χ3n) is 2.90. The van der Waals surface area contributed by atoms with Gasteiger partial charge in [-0.05, 0) is 30.5 Å². The van der Waals surface area contributed by atoms with Crippen LogP contribution in [0.2, 0.25) is 0 Å². The molecular formula is C14H15BrN3O2-. The normalized spacial score (nSPS) is 12.6. The molecule has 0 spiro atoms. The van der Waals surface area contributed by atoms with Gasteiger partial charge in [-0.3, -0.25) is 0 Å². The summed E-state index contributed by atoms with van der Waals surface area (Å²) >= 11 is 3.39. The van der Waals surface area contributed by atoms with Gasteiger partial charge >= 0.3 is 0 Å². The van der Waals surface area contributed by atoms with Crippen LogP contribution in [0.3, 0.4) is 0 Å². The van der Waals surface area contributed by atoms with Gasteiger partial charge in [0.15, 0.2) is 0 Å². The highest BCUT2D eigenvalue weighted by Gasteiger charge is 2.14. The predicted octanol–water partition coefficient (Wildman–Crippen LogP) is 1.97. The SMILES string of the molecule is CC(C)CC(Nc1ncnc2ccc(Br)cc12)C(=O)[O-]. The van der Waals surface area contributed by atoms with Gasteiger partial charge in [-0.25, -0.2) is 9.97 Å². The van der Waals surface area contributed by atoms with Crippen molar-refractivity contribution >= 4 is 38.6 Å². The largest absolute Gasteiger partial charge is 0.548 e. The Morgan fingerprint density at radius 1 is 1.40 bits per heavy atom. The number of rotatable bonds is 5. The maximum absolute atomic E-state index is 11.2. The topological polar surface area (TPSA) is 77.9 Å². The number of fused-ring (bicyclic) bond motifs is 1. The smallest absolute Gasteiger partial charge is 0.137 e. The van der Waals surface area contributed by atoms with Crippen LogP contribution in [-0.2, 0) is 4.79 Å². The Hall–Kier alpha value is -1.69. The van der Waals surface area contributed by atoms with Crippen molar-refractivity contribution in [2.24, 2.45) is 5.92 Å². The maximum Gasteiger partial charge on any atom is 0.137 e. The fourth-order valence-corrected chi connectivity index (χ4v) is 2.36. The van der Waals surface area contributed by atoms with Crippen LogP contribution in [0, 0.1) is 5.92 Å². The Labute approximate surface area is 125 Å². The molecule has 0 bridgehead atoms. The van der Waals surface area contributed by atoms with Crippen LogP contribution in [0.5, 0.6) is 0 Å². The molecule has 1 atom stereocenters. The molecule has 1 aromatic carbocycles. The number of carbonyl (C=O) groups is 1. The monoisotopic (exact) mass is 336 g/mol. The quantitative estimate of drug-likeness (QED) is 0.903. The van der Waals surface area contributed by atoms with Gasteiger partial charge in [0.05, 0.1) is 17.5 Å². The molecule has 0 saturated heterocycles. The van der Waals surface area contributed by atoms with E-state index in [1.165, 1.54) is 6.33 Å². The first kappa shape index (κ1) is 14.7. The van der Waals surface area contributed by atoms with E-state index in [4.69, 9.17) is 0 Å². The van der Waals surface area contributed by atoms with E-state index in [2.05, 4.69) is 31.2 Å². The summed E-state index contributed by atoms with van der Waals surface area (Å²) in [6.45, 7) is 3.93. The lowest BCUT2D eigenvalue weighted by molar-refractivity contribution is -0.307. The summed E-state index contributed by atoms with van der Waals surface area (Å²) in [6.07, 6.45) is 1.89. The van der Waals surface area contributed by atoms with Gasteiger partial charge in [-0.2, -0.15) is 0 Å². The van der Waals surface area contributed by atoms with Gasteiger partial charge < -0.3 is 15.2 Å². The molecule has 6 heteroatoms. The van der Waals surface area contributed by atoms with E-state index in [1.54, 1.807) is 0 Å². The fraction of sp³-hybridized carbons (Fsp3) is 0.357. The van der Waals surface area contributed by atoms with E-state index in [-0.39, 0.29) is 5.92 Å². The van der Waals surface area contributed by atoms with Crippen molar-refractivity contribution in [3.8, 4) is 0 Å². The number of aromatic nitrogens is 2. The molecule has 0 saturated carbocycles. The average Bonchev–Trinajstić information content (AvgIpc) is 2.38. The van der Waals surface area contributed by atoms with Crippen molar-refractivity contribution < 1.29 is 9.90 Å². The van der Waals surface area contributed by atoms with E-state index in [0.29, 0.717) is 12.2 Å². The molecule has 5 nitrogen and oxygen atoms in total. The molecule has 106 valence electrons. The molecule has 2 rings (SSSR count). The highest BCUT2D eigenvalue weighted by atomic mass is 79.9. The Morgan fingerprint density at radius 2 is 2.15 bits per heavy atom. The number of aliphatic carboxylic acids is 1. The van der Waals surface area contributed by atoms with Gasteiger partial charge in [0.25, 0.3) is 0 Å². The van der Waals surface area contributed by atoms with Gasteiger partial charge in [0.1, 0.15) is 12.1 Å². The number of halogens is 1. The van der Waals surface area contributed by atoms with Gasteiger partial charge in [0, 0.05) is 9.86 Å². The highest BCUT2D eigenvalue weighted by molar-refractivity contribution is 9.10. The van der Waals surface area contributed by atoms with Crippen molar-refractivity contribution in [1.29, 1.82) is 0 Å². The number of carboxylic acid groups (broad SMARTS) is 1. The summed E-state index contributed by atoms with van der Waals surface area (Å²) < 4.78 is 0.886. The number of nitrogens with one attached hydrogen (secondary N) is 1. The summed E-state index contributed by atoms with van der Waals surface area (Å²) in [6, 6.07) is 4.82. The molecule has 20 heavy (non-hydrogen) atoms. The Balaban J connectivity index is 2.36. The zero-order chi connectivity index (χ0) is 14.7. The van der Waals surface area contributed by atoms with Crippen molar-refractivity contribution in [2.75, 3.05) is 5.32 Å². The molecule has 0 radical (unpaired) electrons. The minimum atomic E-state index is -1.12. The summed E-state index contributed by atoms with van der Waals surface area (Å²) in [5.41, 5.74) is 0.757. The van der Waals surface area contributed by atoms with Crippen LogP contribution >= 0.6 is 15.9 Å². The van der Waals surface area contributed by atoms with Crippen LogP contribution in [0.4, 0.5) is 5.82 Å². The summed E-state index contributed by atoms with van der Waals surface area (Å²) in [5.74, 6) is -0.378. The molecule has 0 aliphatic heterocycles. The van der Waals surface area contributed by atoms with Gasteiger partial charge in [-0.1, -0.05) is 29.8 Å². The van der Waals surface area contributed by atoms with E-state index < -0.39 is 12.0 Å². The van der Waals surface area contributed by atoms with Crippen molar-refractivity contribution in [2.45, 2.75) is 26.3 Å². The Bertz CT molecular complexity index is 631. The average molecular weight is 337 g/mol. The van der Waals surface area contributed by atoms with Crippen LogP contribution in [0.15, 0.2) is 29.0 Å². The lowest BCUT2D eigenvalue weighted by Crippen LogP contribution is -2.41. The van der Waals surface area contributed by atoms with E-state index in [1.807, 2.05) is 32.0 Å². The molecule has 0 amide bonds. The van der Waals surface area contributed by atoms with Crippen molar-refractivity contribution in [3.63, 3.8) is 0 Å². The Kier molecular flexibility index (Phi) is 4.54. The number of carboxylic acids is 1. The third-order valence-corrected chi connectivity index (χ3v) is 3.39. The molecular weight excluding hydrogens is 322 g/mol. The fourth-order valence-electron chi connectivity index (χ4n) is 1.99.